The Balaban J connectivity index is 1.90. The molecular formula is C20H17BrN2O3S. The lowest BCUT2D eigenvalue weighted by molar-refractivity contribution is 0.0953. The number of carbonyl (C=O) groups excluding carboxylic acids is 1. The maximum Gasteiger partial charge on any atom is 0.252 e. The summed E-state index contributed by atoms with van der Waals surface area (Å²) in [6, 6.07) is 18.6. The molecular weight excluding hydrogens is 428 g/mol. The van der Waals surface area contributed by atoms with Crippen molar-refractivity contribution in [3.63, 3.8) is 0 Å². The number of aromatic nitrogens is 1. The maximum absolute atomic E-state index is 13.2. The van der Waals surface area contributed by atoms with Crippen LogP contribution in [0.2, 0.25) is 0 Å². The number of pyridine rings is 1. The van der Waals surface area contributed by atoms with Gasteiger partial charge in [-0.1, -0.05) is 36.4 Å². The number of rotatable bonds is 6. The molecule has 5 nitrogen and oxygen atoms in total. The maximum atomic E-state index is 13.2. The summed E-state index contributed by atoms with van der Waals surface area (Å²) in [6.07, 6.45) is 3.09. The molecule has 2 aromatic carbocycles. The first-order chi connectivity index (χ1) is 13.0. The van der Waals surface area contributed by atoms with E-state index in [0.717, 1.165) is 0 Å². The van der Waals surface area contributed by atoms with Crippen molar-refractivity contribution in [1.82, 2.24) is 10.3 Å². The molecule has 0 saturated heterocycles. The van der Waals surface area contributed by atoms with E-state index in [1.165, 1.54) is 6.20 Å². The number of hydrogen-bond donors (Lipinski definition) is 1. The topological polar surface area (TPSA) is 76.1 Å². The fourth-order valence-corrected chi connectivity index (χ4v) is 4.80. The van der Waals surface area contributed by atoms with Crippen molar-refractivity contribution in [1.29, 1.82) is 0 Å². The molecule has 0 bridgehead atoms. The first-order valence-corrected chi connectivity index (χ1v) is 10.6. The number of sulfone groups is 1. The van der Waals surface area contributed by atoms with Crippen molar-refractivity contribution in [3.05, 3.63) is 94.7 Å². The van der Waals surface area contributed by atoms with Crippen molar-refractivity contribution in [2.45, 2.75) is 10.1 Å². The van der Waals surface area contributed by atoms with Crippen LogP contribution >= 0.6 is 15.9 Å². The van der Waals surface area contributed by atoms with Crippen LogP contribution in [-0.2, 0) is 9.84 Å². The molecule has 3 rings (SSSR count). The summed E-state index contributed by atoms with van der Waals surface area (Å²) in [4.78, 5) is 16.7. The minimum absolute atomic E-state index is 0.0664. The number of benzene rings is 2. The number of nitrogens with zero attached hydrogens (tertiary/aromatic N) is 1. The van der Waals surface area contributed by atoms with Gasteiger partial charge in [-0.2, -0.15) is 0 Å². The zero-order valence-electron chi connectivity index (χ0n) is 14.2. The van der Waals surface area contributed by atoms with E-state index in [1.54, 1.807) is 72.9 Å². The number of hydrogen-bond acceptors (Lipinski definition) is 4. The van der Waals surface area contributed by atoms with Crippen molar-refractivity contribution >= 4 is 31.7 Å². The van der Waals surface area contributed by atoms with Crippen LogP contribution in [0, 0.1) is 0 Å². The standard InChI is InChI=1S/C20H17BrN2O3S/c21-18-11-5-4-10-17(18)20(24)23-14-19(15-7-6-12-22-13-15)27(25,26)16-8-2-1-3-9-16/h1-13,19H,14H2,(H,23,24). The Morgan fingerprint density at radius 3 is 2.37 bits per heavy atom. The lowest BCUT2D eigenvalue weighted by Crippen LogP contribution is -2.32. The molecule has 1 aromatic heterocycles. The summed E-state index contributed by atoms with van der Waals surface area (Å²) >= 11 is 3.34. The molecule has 1 heterocycles. The summed E-state index contributed by atoms with van der Waals surface area (Å²) in [5, 5.41) is 1.79. The first kappa shape index (κ1) is 19.3. The Kier molecular flexibility index (Phi) is 6.03. The normalized spacial score (nSPS) is 12.3. The second-order valence-corrected chi connectivity index (χ2v) is 8.81. The summed E-state index contributed by atoms with van der Waals surface area (Å²) in [6.45, 7) is -0.0664. The lowest BCUT2D eigenvalue weighted by atomic mass is 10.2. The molecule has 0 aliphatic carbocycles. The molecule has 1 unspecified atom stereocenters. The van der Waals surface area contributed by atoms with E-state index in [2.05, 4.69) is 26.2 Å². The van der Waals surface area contributed by atoms with Crippen molar-refractivity contribution < 1.29 is 13.2 Å². The van der Waals surface area contributed by atoms with Gasteiger partial charge in [-0.25, -0.2) is 8.42 Å². The number of nitrogens with one attached hydrogen (secondary N) is 1. The van der Waals surface area contributed by atoms with E-state index in [1.807, 2.05) is 0 Å². The monoisotopic (exact) mass is 444 g/mol. The fraction of sp³-hybridized carbons (Fsp3) is 0.100. The third kappa shape index (κ3) is 4.43. The second-order valence-electron chi connectivity index (χ2n) is 5.82. The van der Waals surface area contributed by atoms with Gasteiger partial charge in [-0.05, 0) is 51.8 Å². The number of amides is 1. The van der Waals surface area contributed by atoms with Gasteiger partial charge >= 0.3 is 0 Å². The Hall–Kier alpha value is -2.51. The molecule has 1 atom stereocenters. The predicted octanol–water partition coefficient (Wildman–Crippen LogP) is 3.79. The van der Waals surface area contributed by atoms with Gasteiger partial charge in [0.1, 0.15) is 5.25 Å². The van der Waals surface area contributed by atoms with Crippen molar-refractivity contribution in [2.75, 3.05) is 6.54 Å². The van der Waals surface area contributed by atoms with Gasteiger partial charge in [0.25, 0.3) is 5.91 Å². The molecule has 0 saturated carbocycles. The molecule has 1 amide bonds. The van der Waals surface area contributed by atoms with Crippen LogP contribution in [-0.4, -0.2) is 25.9 Å². The third-order valence-corrected chi connectivity index (χ3v) is 6.88. The van der Waals surface area contributed by atoms with Gasteiger partial charge in [-0.3, -0.25) is 9.78 Å². The summed E-state index contributed by atoms with van der Waals surface area (Å²) in [5.41, 5.74) is 0.966. The Labute approximate surface area is 166 Å². The van der Waals surface area contributed by atoms with E-state index in [9.17, 15) is 13.2 Å². The molecule has 1 N–H and O–H groups in total. The van der Waals surface area contributed by atoms with Crippen molar-refractivity contribution in [3.8, 4) is 0 Å². The van der Waals surface area contributed by atoms with E-state index < -0.39 is 15.1 Å². The van der Waals surface area contributed by atoms with E-state index in [4.69, 9.17) is 0 Å². The van der Waals surface area contributed by atoms with Crippen LogP contribution in [0.15, 0.2) is 88.5 Å². The largest absolute Gasteiger partial charge is 0.350 e. The smallest absolute Gasteiger partial charge is 0.252 e. The predicted molar refractivity (Wildman–Crippen MR) is 107 cm³/mol. The highest BCUT2D eigenvalue weighted by molar-refractivity contribution is 9.10. The average molecular weight is 445 g/mol. The highest BCUT2D eigenvalue weighted by Gasteiger charge is 2.30. The first-order valence-electron chi connectivity index (χ1n) is 8.22. The van der Waals surface area contributed by atoms with Gasteiger partial charge in [0, 0.05) is 23.4 Å². The molecule has 0 aliphatic heterocycles. The van der Waals surface area contributed by atoms with Crippen LogP contribution in [0.25, 0.3) is 0 Å². The second kappa shape index (κ2) is 8.45. The quantitative estimate of drug-likeness (QED) is 0.627. The van der Waals surface area contributed by atoms with Gasteiger partial charge in [0.15, 0.2) is 9.84 Å². The van der Waals surface area contributed by atoms with Gasteiger partial charge in [-0.15, -0.1) is 0 Å². The van der Waals surface area contributed by atoms with Crippen molar-refractivity contribution in [2.24, 2.45) is 0 Å². The van der Waals surface area contributed by atoms with E-state index in [-0.39, 0.29) is 17.3 Å². The van der Waals surface area contributed by atoms with Gasteiger partial charge in [0.2, 0.25) is 0 Å². The average Bonchev–Trinajstić information content (AvgIpc) is 2.69. The summed E-state index contributed by atoms with van der Waals surface area (Å²) in [7, 11) is -3.71. The molecule has 0 radical (unpaired) electrons. The Bertz CT molecular complexity index is 1030. The minimum Gasteiger partial charge on any atom is -0.350 e. The van der Waals surface area contributed by atoms with Gasteiger partial charge < -0.3 is 5.32 Å². The van der Waals surface area contributed by atoms with E-state index in [0.29, 0.717) is 15.6 Å². The molecule has 27 heavy (non-hydrogen) atoms. The van der Waals surface area contributed by atoms with Crippen LogP contribution in [0.4, 0.5) is 0 Å². The van der Waals surface area contributed by atoms with Crippen LogP contribution < -0.4 is 5.32 Å². The molecule has 3 aromatic rings. The number of carbonyl (C=O) groups is 1. The van der Waals surface area contributed by atoms with Crippen LogP contribution in [0.5, 0.6) is 0 Å². The number of halogens is 1. The molecule has 0 spiro atoms. The summed E-state index contributed by atoms with van der Waals surface area (Å²) < 4.78 is 27.0. The van der Waals surface area contributed by atoms with Crippen LogP contribution in [0.3, 0.4) is 0 Å². The zero-order chi connectivity index (χ0) is 19.3. The molecule has 0 fully saturated rings. The molecule has 0 aliphatic rings. The van der Waals surface area contributed by atoms with E-state index >= 15 is 0 Å². The molecule has 7 heteroatoms. The lowest BCUT2D eigenvalue weighted by Gasteiger charge is -2.19. The minimum atomic E-state index is -3.71. The zero-order valence-corrected chi connectivity index (χ0v) is 16.7. The molecule has 138 valence electrons. The summed E-state index contributed by atoms with van der Waals surface area (Å²) in [5.74, 6) is -0.348. The van der Waals surface area contributed by atoms with Crippen LogP contribution in [0.1, 0.15) is 21.2 Å². The SMILES string of the molecule is O=C(NCC(c1cccnc1)S(=O)(=O)c1ccccc1)c1ccccc1Br. The third-order valence-electron chi connectivity index (χ3n) is 4.07. The van der Waals surface area contributed by atoms with Gasteiger partial charge in [0.05, 0.1) is 10.5 Å². The highest BCUT2D eigenvalue weighted by Crippen LogP contribution is 2.28. The highest BCUT2D eigenvalue weighted by atomic mass is 79.9. The fourth-order valence-electron chi connectivity index (χ4n) is 2.67. The Morgan fingerprint density at radius 2 is 1.70 bits per heavy atom. The Morgan fingerprint density at radius 1 is 1.00 bits per heavy atom.